The molecule has 0 spiro atoms. The minimum absolute atomic E-state index is 0.0147. The summed E-state index contributed by atoms with van der Waals surface area (Å²) >= 11 is 0. The smallest absolute Gasteiger partial charge is 0.241 e. The molecule has 0 unspecified atom stereocenters. The topological polar surface area (TPSA) is 123 Å². The van der Waals surface area contributed by atoms with E-state index in [4.69, 9.17) is 9.47 Å². The zero-order valence-corrected chi connectivity index (χ0v) is 17.8. The van der Waals surface area contributed by atoms with Crippen LogP contribution in [-0.2, 0) is 19.6 Å². The zero-order chi connectivity index (χ0) is 22.1. The lowest BCUT2D eigenvalue weighted by molar-refractivity contribution is -0.122. The number of carbonyl (C=O) groups is 2. The largest absolute Gasteiger partial charge is 0.497 e. The van der Waals surface area contributed by atoms with Gasteiger partial charge in [0.2, 0.25) is 21.8 Å². The van der Waals surface area contributed by atoms with Crippen molar-refractivity contribution in [3.05, 3.63) is 48.5 Å². The Hall–Kier alpha value is -3.11. The van der Waals surface area contributed by atoms with Crippen molar-refractivity contribution in [2.24, 2.45) is 0 Å². The lowest BCUT2D eigenvalue weighted by Crippen LogP contribution is -2.45. The van der Waals surface area contributed by atoms with Gasteiger partial charge < -0.3 is 20.1 Å². The zero-order valence-electron chi connectivity index (χ0n) is 17.0. The monoisotopic (exact) mass is 435 g/mol. The number of methoxy groups -OCH3 is 1. The third-order valence-corrected chi connectivity index (χ3v) is 5.50. The van der Waals surface area contributed by atoms with Gasteiger partial charge >= 0.3 is 0 Å². The van der Waals surface area contributed by atoms with Crippen molar-refractivity contribution in [3.63, 3.8) is 0 Å². The summed E-state index contributed by atoms with van der Waals surface area (Å²) in [5.41, 5.74) is 0.476. The molecule has 3 N–H and O–H groups in total. The molecule has 0 bridgehead atoms. The molecule has 10 heteroatoms. The number of anilines is 1. The highest BCUT2D eigenvalue weighted by molar-refractivity contribution is 7.89. The Bertz CT molecular complexity index is 959. The van der Waals surface area contributed by atoms with Crippen molar-refractivity contribution >= 4 is 27.5 Å². The minimum Gasteiger partial charge on any atom is -0.497 e. The van der Waals surface area contributed by atoms with Crippen LogP contribution >= 0.6 is 0 Å². The number of nitrogens with one attached hydrogen (secondary N) is 3. The molecule has 0 aliphatic carbocycles. The molecule has 0 aliphatic heterocycles. The Morgan fingerprint density at radius 3 is 2.17 bits per heavy atom. The molecule has 2 aromatic carbocycles. The van der Waals surface area contributed by atoms with E-state index in [1.165, 1.54) is 38.1 Å². The van der Waals surface area contributed by atoms with Gasteiger partial charge in [0.1, 0.15) is 18.1 Å². The third-order valence-electron chi connectivity index (χ3n) is 3.94. The molecule has 2 rings (SSSR count). The number of sulfonamides is 1. The van der Waals surface area contributed by atoms with Gasteiger partial charge in [-0.1, -0.05) is 0 Å². The molecular formula is C20H25N3O6S. The van der Waals surface area contributed by atoms with Gasteiger partial charge in [0.05, 0.1) is 24.6 Å². The molecule has 0 aromatic heterocycles. The molecule has 0 heterocycles. The van der Waals surface area contributed by atoms with Crippen LogP contribution in [-0.4, -0.2) is 46.5 Å². The van der Waals surface area contributed by atoms with Crippen LogP contribution in [0.2, 0.25) is 0 Å². The van der Waals surface area contributed by atoms with Gasteiger partial charge in [0, 0.05) is 12.6 Å². The van der Waals surface area contributed by atoms with Gasteiger partial charge in [-0.2, -0.15) is 4.72 Å². The fourth-order valence-electron chi connectivity index (χ4n) is 2.44. The van der Waals surface area contributed by atoms with Crippen LogP contribution in [0.3, 0.4) is 0 Å². The minimum atomic E-state index is -3.90. The summed E-state index contributed by atoms with van der Waals surface area (Å²) in [7, 11) is -2.33. The number of amides is 2. The quantitative estimate of drug-likeness (QED) is 0.486. The molecule has 0 fully saturated rings. The normalized spacial score (nSPS) is 12.0. The van der Waals surface area contributed by atoms with E-state index in [0.717, 1.165) is 0 Å². The van der Waals surface area contributed by atoms with E-state index in [0.29, 0.717) is 17.2 Å². The van der Waals surface area contributed by atoms with Crippen LogP contribution in [0.4, 0.5) is 5.69 Å². The first-order valence-electron chi connectivity index (χ1n) is 9.16. The van der Waals surface area contributed by atoms with Crippen LogP contribution in [0.25, 0.3) is 0 Å². The van der Waals surface area contributed by atoms with Crippen molar-refractivity contribution in [1.82, 2.24) is 10.0 Å². The maximum absolute atomic E-state index is 12.4. The molecule has 30 heavy (non-hydrogen) atoms. The highest BCUT2D eigenvalue weighted by Crippen LogP contribution is 2.17. The first kappa shape index (κ1) is 23.2. The molecule has 0 saturated carbocycles. The molecule has 1 atom stereocenters. The predicted molar refractivity (Wildman–Crippen MR) is 112 cm³/mol. The SMILES string of the molecule is COc1ccc(OCCNC(=O)[C@H](C)NS(=O)(=O)c2ccc(NC(C)=O)cc2)cc1. The fraction of sp³-hybridized carbons (Fsp3) is 0.300. The maximum Gasteiger partial charge on any atom is 0.241 e. The van der Waals surface area contributed by atoms with Gasteiger partial charge in [-0.25, -0.2) is 8.42 Å². The number of rotatable bonds is 10. The van der Waals surface area contributed by atoms with E-state index in [1.807, 2.05) is 0 Å². The Labute approximate surface area is 175 Å². The second-order valence-electron chi connectivity index (χ2n) is 6.36. The second kappa shape index (κ2) is 10.6. The van der Waals surface area contributed by atoms with E-state index in [-0.39, 0.29) is 24.0 Å². The molecule has 2 amide bonds. The highest BCUT2D eigenvalue weighted by Gasteiger charge is 2.21. The average Bonchev–Trinajstić information content (AvgIpc) is 2.71. The lowest BCUT2D eigenvalue weighted by atomic mass is 10.3. The molecule has 9 nitrogen and oxygen atoms in total. The summed E-state index contributed by atoms with van der Waals surface area (Å²) < 4.78 is 37.8. The van der Waals surface area contributed by atoms with Gasteiger partial charge in [-0.15, -0.1) is 0 Å². The van der Waals surface area contributed by atoms with Gasteiger partial charge in [0.25, 0.3) is 0 Å². The summed E-state index contributed by atoms with van der Waals surface area (Å²) in [4.78, 5) is 23.2. The molecule has 0 saturated heterocycles. The van der Waals surface area contributed by atoms with E-state index in [2.05, 4.69) is 15.4 Å². The second-order valence-corrected chi connectivity index (χ2v) is 8.08. The third kappa shape index (κ3) is 7.05. The highest BCUT2D eigenvalue weighted by atomic mass is 32.2. The van der Waals surface area contributed by atoms with Crippen LogP contribution in [0, 0.1) is 0 Å². The van der Waals surface area contributed by atoms with Crippen molar-refractivity contribution < 1.29 is 27.5 Å². The number of benzene rings is 2. The van der Waals surface area contributed by atoms with Crippen molar-refractivity contribution in [2.75, 3.05) is 25.6 Å². The number of ether oxygens (including phenoxy) is 2. The summed E-state index contributed by atoms with van der Waals surface area (Å²) in [5, 5.41) is 5.17. The van der Waals surface area contributed by atoms with Crippen LogP contribution in [0.1, 0.15) is 13.8 Å². The van der Waals surface area contributed by atoms with Crippen LogP contribution in [0.5, 0.6) is 11.5 Å². The summed E-state index contributed by atoms with van der Waals surface area (Å²) in [6, 6.07) is 11.7. The van der Waals surface area contributed by atoms with Gasteiger partial charge in [0.15, 0.2) is 0 Å². The van der Waals surface area contributed by atoms with E-state index in [1.54, 1.807) is 31.4 Å². The standard InChI is InChI=1S/C20H25N3O6S/c1-14(20(25)21-12-13-29-18-8-6-17(28-3)7-9-18)23-30(26,27)19-10-4-16(5-11-19)22-15(2)24/h4-11,14,23H,12-13H2,1-3H3,(H,21,25)(H,22,24)/t14-/m0/s1. The molecular weight excluding hydrogens is 410 g/mol. The molecule has 0 aliphatic rings. The Morgan fingerprint density at radius 1 is 1.00 bits per heavy atom. The molecule has 0 radical (unpaired) electrons. The Morgan fingerprint density at radius 2 is 1.60 bits per heavy atom. The number of hydrogen-bond donors (Lipinski definition) is 3. The fourth-order valence-corrected chi connectivity index (χ4v) is 3.65. The van der Waals surface area contributed by atoms with E-state index >= 15 is 0 Å². The van der Waals surface area contributed by atoms with E-state index < -0.39 is 22.0 Å². The average molecular weight is 436 g/mol. The predicted octanol–water partition coefficient (Wildman–Crippen LogP) is 1.52. The first-order chi connectivity index (χ1) is 14.2. The van der Waals surface area contributed by atoms with E-state index in [9.17, 15) is 18.0 Å². The van der Waals surface area contributed by atoms with Gasteiger partial charge in [-0.3, -0.25) is 9.59 Å². The number of hydrogen-bond acceptors (Lipinski definition) is 6. The summed E-state index contributed by atoms with van der Waals surface area (Å²) in [5.74, 6) is 0.597. The lowest BCUT2D eigenvalue weighted by Gasteiger charge is -2.15. The van der Waals surface area contributed by atoms with Crippen molar-refractivity contribution in [2.45, 2.75) is 24.8 Å². The number of carbonyl (C=O) groups excluding carboxylic acids is 2. The van der Waals surface area contributed by atoms with Crippen molar-refractivity contribution in [3.8, 4) is 11.5 Å². The van der Waals surface area contributed by atoms with Crippen molar-refractivity contribution in [1.29, 1.82) is 0 Å². The maximum atomic E-state index is 12.4. The molecule has 2 aromatic rings. The molecule has 162 valence electrons. The van der Waals surface area contributed by atoms with Crippen LogP contribution in [0.15, 0.2) is 53.4 Å². The Kier molecular flexibility index (Phi) is 8.19. The van der Waals surface area contributed by atoms with Crippen LogP contribution < -0.4 is 24.8 Å². The summed E-state index contributed by atoms with van der Waals surface area (Å²) in [6.07, 6.45) is 0. The summed E-state index contributed by atoms with van der Waals surface area (Å²) in [6.45, 7) is 3.24. The Balaban J connectivity index is 1.81. The van der Waals surface area contributed by atoms with Gasteiger partial charge in [-0.05, 0) is 55.5 Å². The first-order valence-corrected chi connectivity index (χ1v) is 10.6.